The van der Waals surface area contributed by atoms with Gasteiger partial charge in [-0.3, -0.25) is 9.78 Å². The third kappa shape index (κ3) is 5.68. The lowest BCUT2D eigenvalue weighted by Gasteiger charge is -2.21. The molecule has 4 rings (SSSR count). The van der Waals surface area contributed by atoms with Gasteiger partial charge in [0.05, 0.1) is 5.51 Å². The van der Waals surface area contributed by atoms with Crippen molar-refractivity contribution in [3.63, 3.8) is 0 Å². The summed E-state index contributed by atoms with van der Waals surface area (Å²) in [5, 5.41) is 14.6. The number of hydrogen-bond acceptors (Lipinski definition) is 6. The van der Waals surface area contributed by atoms with E-state index in [1.807, 2.05) is 43.3 Å². The molecule has 1 aliphatic rings. The molecule has 2 amide bonds. The zero-order valence-electron chi connectivity index (χ0n) is 19.3. The van der Waals surface area contributed by atoms with E-state index in [4.69, 9.17) is 4.74 Å². The number of benzene rings is 2. The summed E-state index contributed by atoms with van der Waals surface area (Å²) in [5.41, 5.74) is 6.05. The highest BCUT2D eigenvalue weighted by Gasteiger charge is 2.31. The molecule has 8 nitrogen and oxygen atoms in total. The summed E-state index contributed by atoms with van der Waals surface area (Å²) in [5.74, 6) is -1.80. The number of rotatable bonds is 10. The maximum absolute atomic E-state index is 12.9. The van der Waals surface area contributed by atoms with Crippen molar-refractivity contribution < 1.29 is 24.2 Å². The first-order valence-corrected chi connectivity index (χ1v) is 12.4. The van der Waals surface area contributed by atoms with Crippen LogP contribution in [0.2, 0.25) is 0 Å². The van der Waals surface area contributed by atoms with E-state index < -0.39 is 30.1 Å². The van der Waals surface area contributed by atoms with E-state index in [0.29, 0.717) is 12.8 Å². The summed E-state index contributed by atoms with van der Waals surface area (Å²) in [6.07, 6.45) is 1.94. The van der Waals surface area contributed by atoms with Gasteiger partial charge in [-0.25, -0.2) is 9.59 Å². The number of carboxylic acids is 1. The molecule has 182 valence electrons. The molecule has 0 bridgehead atoms. The van der Waals surface area contributed by atoms with E-state index in [-0.39, 0.29) is 18.9 Å². The quantitative estimate of drug-likeness (QED) is 0.394. The molecule has 35 heavy (non-hydrogen) atoms. The molecule has 1 heterocycles. The van der Waals surface area contributed by atoms with Gasteiger partial charge in [0.1, 0.15) is 18.7 Å². The van der Waals surface area contributed by atoms with Crippen molar-refractivity contribution in [1.82, 2.24) is 15.6 Å². The van der Waals surface area contributed by atoms with Gasteiger partial charge < -0.3 is 20.5 Å². The molecule has 0 saturated carbocycles. The lowest BCUT2D eigenvalue weighted by atomic mass is 9.98. The van der Waals surface area contributed by atoms with Gasteiger partial charge in [-0.2, -0.15) is 0 Å². The number of carbonyl (C=O) groups excluding carboxylic acids is 2. The fourth-order valence-electron chi connectivity index (χ4n) is 4.35. The molecule has 3 aromatic rings. The van der Waals surface area contributed by atoms with Crippen molar-refractivity contribution in [2.45, 2.75) is 44.2 Å². The lowest BCUT2D eigenvalue weighted by molar-refractivity contribution is -0.142. The molecule has 0 radical (unpaired) electrons. The Balaban J connectivity index is 1.44. The van der Waals surface area contributed by atoms with Gasteiger partial charge in [0.2, 0.25) is 5.91 Å². The van der Waals surface area contributed by atoms with Gasteiger partial charge in [0.25, 0.3) is 0 Å². The number of hydrogen-bond donors (Lipinski definition) is 3. The summed E-state index contributed by atoms with van der Waals surface area (Å²) < 4.78 is 5.58. The molecular weight excluding hydrogens is 466 g/mol. The maximum atomic E-state index is 12.9. The standard InChI is InChI=1S/C26H27N3O5S/c1-2-7-22(25(31)32)28-24(30)23(12-16-13-27-15-35-16)29-26(33)34-14-21-19-10-5-3-8-17(19)18-9-4-6-11-20(18)21/h3-6,8-11,13,15,21-23H,2,7,12,14H2,1H3,(H,28,30)(H,29,33)(H,31,32)/t22-,23?/m1/s1. The van der Waals surface area contributed by atoms with Crippen LogP contribution in [0.4, 0.5) is 4.79 Å². The molecule has 1 unspecified atom stereocenters. The minimum Gasteiger partial charge on any atom is -0.480 e. The minimum absolute atomic E-state index is 0.108. The number of aromatic nitrogens is 1. The van der Waals surface area contributed by atoms with Crippen molar-refractivity contribution in [3.05, 3.63) is 76.2 Å². The van der Waals surface area contributed by atoms with Crippen LogP contribution in [-0.2, 0) is 20.7 Å². The number of carbonyl (C=O) groups is 3. The third-order valence-electron chi connectivity index (χ3n) is 6.03. The van der Waals surface area contributed by atoms with E-state index >= 15 is 0 Å². The number of amides is 2. The molecule has 0 saturated heterocycles. The number of alkyl carbamates (subject to hydrolysis) is 1. The van der Waals surface area contributed by atoms with Crippen molar-refractivity contribution in [2.24, 2.45) is 0 Å². The Hall–Kier alpha value is -3.72. The molecule has 0 fully saturated rings. The first-order chi connectivity index (χ1) is 17.0. The Kier molecular flexibility index (Phi) is 7.77. The van der Waals surface area contributed by atoms with Crippen molar-refractivity contribution in [2.75, 3.05) is 6.61 Å². The Bertz CT molecular complexity index is 1150. The molecular formula is C26H27N3O5S. The molecule has 1 aliphatic carbocycles. The number of carboxylic acid groups (broad SMARTS) is 1. The van der Waals surface area contributed by atoms with E-state index in [1.54, 1.807) is 11.7 Å². The van der Waals surface area contributed by atoms with Crippen molar-refractivity contribution in [3.8, 4) is 11.1 Å². The van der Waals surface area contributed by atoms with Crippen LogP contribution in [0.5, 0.6) is 0 Å². The minimum atomic E-state index is -1.11. The van der Waals surface area contributed by atoms with Gasteiger partial charge in [0, 0.05) is 23.4 Å². The first-order valence-electron chi connectivity index (χ1n) is 11.5. The number of nitrogens with one attached hydrogen (secondary N) is 2. The van der Waals surface area contributed by atoms with Crippen molar-refractivity contribution in [1.29, 1.82) is 0 Å². The van der Waals surface area contributed by atoms with Gasteiger partial charge in [0.15, 0.2) is 0 Å². The fraction of sp³-hybridized carbons (Fsp3) is 0.308. The molecule has 2 aromatic carbocycles. The topological polar surface area (TPSA) is 118 Å². The molecule has 1 aromatic heterocycles. The van der Waals surface area contributed by atoms with Gasteiger partial charge >= 0.3 is 12.1 Å². The number of thiazole rings is 1. The summed E-state index contributed by atoms with van der Waals surface area (Å²) >= 11 is 1.35. The van der Waals surface area contributed by atoms with Crippen LogP contribution in [0.1, 0.15) is 41.7 Å². The van der Waals surface area contributed by atoms with E-state index in [2.05, 4.69) is 27.8 Å². The number of aliphatic carboxylic acids is 1. The second-order valence-electron chi connectivity index (χ2n) is 8.38. The largest absolute Gasteiger partial charge is 0.480 e. The van der Waals surface area contributed by atoms with E-state index in [1.165, 1.54) is 11.3 Å². The predicted molar refractivity (Wildman–Crippen MR) is 132 cm³/mol. The molecule has 3 N–H and O–H groups in total. The average molecular weight is 494 g/mol. The second-order valence-corrected chi connectivity index (χ2v) is 9.35. The van der Waals surface area contributed by atoms with Gasteiger partial charge in [-0.05, 0) is 28.7 Å². The van der Waals surface area contributed by atoms with Crippen LogP contribution >= 0.6 is 11.3 Å². The Labute approximate surface area is 207 Å². The highest BCUT2D eigenvalue weighted by molar-refractivity contribution is 7.09. The highest BCUT2D eigenvalue weighted by atomic mass is 32.1. The molecule has 0 aliphatic heterocycles. The number of ether oxygens (including phenoxy) is 1. The first kappa shape index (κ1) is 24.4. The van der Waals surface area contributed by atoms with Gasteiger partial charge in [-0.15, -0.1) is 11.3 Å². The molecule has 0 spiro atoms. The number of nitrogens with zero attached hydrogens (tertiary/aromatic N) is 1. The Morgan fingerprint density at radius 2 is 1.69 bits per heavy atom. The summed E-state index contributed by atoms with van der Waals surface area (Å²) in [6.45, 7) is 1.95. The van der Waals surface area contributed by atoms with Crippen LogP contribution in [0.3, 0.4) is 0 Å². The predicted octanol–water partition coefficient (Wildman–Crippen LogP) is 3.96. The SMILES string of the molecule is CCC[C@@H](NC(=O)C(Cc1cncs1)NC(=O)OCC1c2ccccc2-c2ccccc21)C(=O)O. The average Bonchev–Trinajstić information content (AvgIpc) is 3.48. The lowest BCUT2D eigenvalue weighted by Crippen LogP contribution is -2.52. The number of fused-ring (bicyclic) bond motifs is 3. The van der Waals surface area contributed by atoms with Crippen LogP contribution in [-0.4, -0.2) is 46.8 Å². The Morgan fingerprint density at radius 3 is 2.26 bits per heavy atom. The second kappa shape index (κ2) is 11.1. The van der Waals surface area contributed by atoms with Crippen molar-refractivity contribution >= 4 is 29.3 Å². The monoisotopic (exact) mass is 493 g/mol. The zero-order chi connectivity index (χ0) is 24.8. The summed E-state index contributed by atoms with van der Waals surface area (Å²) in [6, 6.07) is 14.0. The van der Waals surface area contributed by atoms with Crippen LogP contribution in [0.25, 0.3) is 11.1 Å². The normalized spacial score (nSPS) is 13.9. The summed E-state index contributed by atoms with van der Waals surface area (Å²) in [4.78, 5) is 42.0. The maximum Gasteiger partial charge on any atom is 0.407 e. The van der Waals surface area contributed by atoms with Crippen LogP contribution in [0, 0.1) is 0 Å². The van der Waals surface area contributed by atoms with Crippen LogP contribution in [0.15, 0.2) is 60.2 Å². The third-order valence-corrected chi connectivity index (χ3v) is 6.83. The van der Waals surface area contributed by atoms with E-state index in [0.717, 1.165) is 27.1 Å². The van der Waals surface area contributed by atoms with Crippen LogP contribution < -0.4 is 10.6 Å². The summed E-state index contributed by atoms with van der Waals surface area (Å²) in [7, 11) is 0. The molecule has 9 heteroatoms. The smallest absolute Gasteiger partial charge is 0.407 e. The van der Waals surface area contributed by atoms with Gasteiger partial charge in [-0.1, -0.05) is 61.9 Å². The highest BCUT2D eigenvalue weighted by Crippen LogP contribution is 2.44. The van der Waals surface area contributed by atoms with E-state index in [9.17, 15) is 19.5 Å². The molecule has 2 atom stereocenters. The zero-order valence-corrected chi connectivity index (χ0v) is 20.1. The fourth-order valence-corrected chi connectivity index (χ4v) is 5.00. The Morgan fingerprint density at radius 1 is 1.03 bits per heavy atom.